The number of hydrogen-bond donors (Lipinski definition) is 2. The largest absolute Gasteiger partial charge is 0.465 e. The number of sulfonamides is 2. The van der Waals surface area contributed by atoms with Gasteiger partial charge in [0.1, 0.15) is 5.92 Å². The average Bonchev–Trinajstić information content (AvgIpc) is 2.95. The minimum Gasteiger partial charge on any atom is -0.465 e. The lowest BCUT2D eigenvalue weighted by atomic mass is 9.89. The summed E-state index contributed by atoms with van der Waals surface area (Å²) < 4.78 is 63.1. The lowest BCUT2D eigenvalue weighted by molar-refractivity contribution is -0.143. The molecule has 218 valence electrons. The van der Waals surface area contributed by atoms with E-state index in [0.29, 0.717) is 0 Å². The van der Waals surface area contributed by atoms with Gasteiger partial charge in [0.15, 0.2) is 5.78 Å². The Hall–Kier alpha value is -4.48. The van der Waals surface area contributed by atoms with E-state index < -0.39 is 37.7 Å². The molecule has 0 amide bonds. The second-order valence-electron chi connectivity index (χ2n) is 9.55. The Balaban J connectivity index is 1.85. The number of rotatable bonds is 11. The molecule has 9 nitrogen and oxygen atoms in total. The van der Waals surface area contributed by atoms with Crippen molar-refractivity contribution in [1.82, 2.24) is 0 Å². The van der Waals surface area contributed by atoms with Gasteiger partial charge >= 0.3 is 5.97 Å². The number of esters is 1. The molecule has 1 unspecified atom stereocenters. The normalized spacial score (nSPS) is 12.3. The van der Waals surface area contributed by atoms with Crippen LogP contribution >= 0.6 is 0 Å². The second-order valence-corrected chi connectivity index (χ2v) is 12.9. The quantitative estimate of drug-likeness (QED) is 0.132. The zero-order chi connectivity index (χ0) is 30.5. The predicted octanol–water partition coefficient (Wildman–Crippen LogP) is 5.43. The van der Waals surface area contributed by atoms with Gasteiger partial charge in [0.05, 0.1) is 22.1 Å². The third-order valence-electron chi connectivity index (χ3n) is 6.36. The molecule has 0 bridgehead atoms. The highest BCUT2D eigenvalue weighted by Gasteiger charge is 2.34. The predicted molar refractivity (Wildman–Crippen MR) is 161 cm³/mol. The first-order valence-corrected chi connectivity index (χ1v) is 16.0. The molecule has 0 aliphatic heterocycles. The molecule has 0 fully saturated rings. The Morgan fingerprint density at radius 1 is 0.714 bits per heavy atom. The van der Waals surface area contributed by atoms with Crippen LogP contribution in [0.1, 0.15) is 39.9 Å². The van der Waals surface area contributed by atoms with E-state index in [4.69, 9.17) is 4.74 Å². The molecule has 0 spiro atoms. The van der Waals surface area contributed by atoms with E-state index in [-0.39, 0.29) is 38.9 Å². The number of anilines is 2. The summed E-state index contributed by atoms with van der Waals surface area (Å²) in [6.45, 7) is 5.18. The molecule has 2 N–H and O–H groups in total. The van der Waals surface area contributed by atoms with Crippen molar-refractivity contribution in [2.75, 3.05) is 16.1 Å². The van der Waals surface area contributed by atoms with E-state index in [2.05, 4.69) is 9.44 Å². The van der Waals surface area contributed by atoms with Gasteiger partial charge in [-0.3, -0.25) is 19.0 Å². The molecule has 0 aromatic heterocycles. The number of carbonyl (C=O) groups is 2. The van der Waals surface area contributed by atoms with Crippen molar-refractivity contribution in [3.63, 3.8) is 0 Å². The lowest BCUT2D eigenvalue weighted by Gasteiger charge is -2.21. The van der Waals surface area contributed by atoms with Crippen LogP contribution in [0.4, 0.5) is 11.4 Å². The number of ether oxygens (including phenoxy) is 1. The summed E-state index contributed by atoms with van der Waals surface area (Å²) in [6.07, 6.45) is 0. The maximum atomic E-state index is 13.7. The van der Waals surface area contributed by atoms with Crippen molar-refractivity contribution in [1.29, 1.82) is 0 Å². The first-order chi connectivity index (χ1) is 19.9. The Morgan fingerprint density at radius 3 is 1.76 bits per heavy atom. The number of nitrogens with one attached hydrogen (secondary N) is 2. The van der Waals surface area contributed by atoms with Crippen LogP contribution in [-0.4, -0.2) is 35.2 Å². The molecule has 0 aliphatic carbocycles. The van der Waals surface area contributed by atoms with Gasteiger partial charge in [-0.05, 0) is 63.2 Å². The molecule has 4 aromatic carbocycles. The van der Waals surface area contributed by atoms with Crippen LogP contribution in [0.2, 0.25) is 0 Å². The van der Waals surface area contributed by atoms with Gasteiger partial charge in [0.25, 0.3) is 20.0 Å². The van der Waals surface area contributed by atoms with Crippen LogP contribution in [0.15, 0.2) is 107 Å². The van der Waals surface area contributed by atoms with Crippen LogP contribution in [-0.2, 0) is 29.6 Å². The Morgan fingerprint density at radius 2 is 1.24 bits per heavy atom. The summed E-state index contributed by atoms with van der Waals surface area (Å²) in [5.41, 5.74) is 1.76. The Bertz CT molecular complexity index is 1800. The minimum absolute atomic E-state index is 0.00102. The first-order valence-electron chi connectivity index (χ1n) is 13.0. The molecule has 0 heterocycles. The maximum absolute atomic E-state index is 13.7. The van der Waals surface area contributed by atoms with Crippen LogP contribution < -0.4 is 9.44 Å². The van der Waals surface area contributed by atoms with Gasteiger partial charge in [-0.2, -0.15) is 0 Å². The van der Waals surface area contributed by atoms with E-state index >= 15 is 0 Å². The number of hydrogen-bond acceptors (Lipinski definition) is 7. The summed E-state index contributed by atoms with van der Waals surface area (Å²) in [6, 6.07) is 24.3. The lowest BCUT2D eigenvalue weighted by Crippen LogP contribution is -2.26. The van der Waals surface area contributed by atoms with Crippen molar-refractivity contribution in [2.45, 2.75) is 36.5 Å². The van der Waals surface area contributed by atoms with Gasteiger partial charge in [-0.1, -0.05) is 65.7 Å². The van der Waals surface area contributed by atoms with Gasteiger partial charge in [-0.15, -0.1) is 0 Å². The highest BCUT2D eigenvalue weighted by atomic mass is 32.2. The van der Waals surface area contributed by atoms with Crippen molar-refractivity contribution in [3.05, 3.63) is 119 Å². The van der Waals surface area contributed by atoms with E-state index in [1.165, 1.54) is 54.6 Å². The van der Waals surface area contributed by atoms with Crippen molar-refractivity contribution in [2.24, 2.45) is 0 Å². The Labute approximate surface area is 245 Å². The third-order valence-corrected chi connectivity index (χ3v) is 9.14. The molecular formula is C31H30N2O7S2. The zero-order valence-electron chi connectivity index (χ0n) is 23.2. The van der Waals surface area contributed by atoms with Gasteiger partial charge < -0.3 is 4.74 Å². The monoisotopic (exact) mass is 606 g/mol. The second kappa shape index (κ2) is 12.6. The molecule has 0 saturated heterocycles. The molecule has 4 aromatic rings. The van der Waals surface area contributed by atoms with E-state index in [0.717, 1.165) is 11.1 Å². The number of ketones is 1. The fourth-order valence-corrected chi connectivity index (χ4v) is 6.32. The first kappa shape index (κ1) is 30.5. The number of Topliss-reactive ketones (excluding diaryl/α,β-unsaturated/α-hetero) is 1. The standard InChI is InChI=1S/C31H30N2O7S2/c1-4-40-31(35)29(30(34)23-8-6-5-7-9-23)27-20-24(32-41(36,37)25-15-10-21(2)11-16-25)14-19-28(27)33-42(38,39)26-17-12-22(3)13-18-26/h5-20,29,32-33H,4H2,1-3H3. The number of benzene rings is 4. The van der Waals surface area contributed by atoms with E-state index in [9.17, 15) is 26.4 Å². The summed E-state index contributed by atoms with van der Waals surface area (Å²) >= 11 is 0. The molecule has 0 aliphatic rings. The van der Waals surface area contributed by atoms with Gasteiger partial charge in [-0.25, -0.2) is 16.8 Å². The van der Waals surface area contributed by atoms with E-state index in [1.54, 1.807) is 49.4 Å². The molecular weight excluding hydrogens is 576 g/mol. The van der Waals surface area contributed by atoms with Gasteiger partial charge in [0, 0.05) is 16.8 Å². The zero-order valence-corrected chi connectivity index (χ0v) is 24.8. The molecule has 0 radical (unpaired) electrons. The van der Waals surface area contributed by atoms with Crippen LogP contribution in [0.25, 0.3) is 0 Å². The molecule has 42 heavy (non-hydrogen) atoms. The molecule has 4 rings (SSSR count). The maximum Gasteiger partial charge on any atom is 0.321 e. The fraction of sp³-hybridized carbons (Fsp3) is 0.161. The van der Waals surface area contributed by atoms with Crippen molar-refractivity contribution in [3.8, 4) is 0 Å². The summed E-state index contributed by atoms with van der Waals surface area (Å²) in [7, 11) is -8.22. The fourth-order valence-electron chi connectivity index (χ4n) is 4.18. The number of carbonyl (C=O) groups excluding carboxylic acids is 2. The topological polar surface area (TPSA) is 136 Å². The van der Waals surface area contributed by atoms with E-state index in [1.807, 2.05) is 13.8 Å². The third kappa shape index (κ3) is 7.04. The average molecular weight is 607 g/mol. The number of aryl methyl sites for hydroxylation is 2. The van der Waals surface area contributed by atoms with Crippen LogP contribution in [0.5, 0.6) is 0 Å². The molecule has 1 atom stereocenters. The molecule has 11 heteroatoms. The van der Waals surface area contributed by atoms with Gasteiger partial charge in [0.2, 0.25) is 0 Å². The van der Waals surface area contributed by atoms with Crippen LogP contribution in [0.3, 0.4) is 0 Å². The highest BCUT2D eigenvalue weighted by molar-refractivity contribution is 7.93. The minimum atomic E-state index is -4.16. The highest BCUT2D eigenvalue weighted by Crippen LogP contribution is 2.34. The summed E-state index contributed by atoms with van der Waals surface area (Å²) in [5.74, 6) is -3.17. The summed E-state index contributed by atoms with van der Waals surface area (Å²) in [4.78, 5) is 27.0. The molecule has 0 saturated carbocycles. The van der Waals surface area contributed by atoms with Crippen molar-refractivity contribution >= 4 is 43.2 Å². The smallest absolute Gasteiger partial charge is 0.321 e. The SMILES string of the molecule is CCOC(=O)C(C(=O)c1ccccc1)c1cc(NS(=O)(=O)c2ccc(C)cc2)ccc1NS(=O)(=O)c1ccc(C)cc1. The Kier molecular flexibility index (Phi) is 9.13. The van der Waals surface area contributed by atoms with Crippen molar-refractivity contribution < 1.29 is 31.2 Å². The van der Waals surface area contributed by atoms with Crippen LogP contribution in [0, 0.1) is 13.8 Å². The summed E-state index contributed by atoms with van der Waals surface area (Å²) in [5, 5.41) is 0.